The van der Waals surface area contributed by atoms with E-state index in [1.54, 1.807) is 0 Å². The molecule has 0 aliphatic carbocycles. The van der Waals surface area contributed by atoms with Gasteiger partial charge in [0.25, 0.3) is 0 Å². The summed E-state index contributed by atoms with van der Waals surface area (Å²) in [6.07, 6.45) is 0.231. The first-order valence-corrected chi connectivity index (χ1v) is 9.25. The van der Waals surface area contributed by atoms with Crippen LogP contribution in [0.5, 0.6) is 0 Å². The van der Waals surface area contributed by atoms with Crippen molar-refractivity contribution in [2.75, 3.05) is 24.6 Å². The first-order valence-electron chi connectivity index (χ1n) is 7.43. The van der Waals surface area contributed by atoms with E-state index < -0.39 is 15.9 Å². The van der Waals surface area contributed by atoms with Crippen molar-refractivity contribution in [2.45, 2.75) is 31.2 Å². The summed E-state index contributed by atoms with van der Waals surface area (Å²) in [6.45, 7) is 2.82. The zero-order chi connectivity index (χ0) is 14.9. The maximum Gasteiger partial charge on any atom is 0.154 e. The van der Waals surface area contributed by atoms with Gasteiger partial charge in [-0.05, 0) is 12.0 Å². The van der Waals surface area contributed by atoms with Crippen molar-refractivity contribution < 1.29 is 13.5 Å². The topological polar surface area (TPSA) is 69.6 Å². The van der Waals surface area contributed by atoms with Crippen LogP contribution >= 0.6 is 0 Å². The molecule has 2 fully saturated rings. The molecule has 2 saturated heterocycles. The van der Waals surface area contributed by atoms with Gasteiger partial charge in [-0.1, -0.05) is 30.3 Å². The number of likely N-dealkylation sites (tertiary alicyclic amines) is 1. The van der Waals surface area contributed by atoms with E-state index in [1.165, 1.54) is 5.56 Å². The minimum absolute atomic E-state index is 0.0589. The van der Waals surface area contributed by atoms with Crippen LogP contribution in [0.25, 0.3) is 0 Å². The lowest BCUT2D eigenvalue weighted by Crippen LogP contribution is -2.46. The predicted molar refractivity (Wildman–Crippen MR) is 81.7 cm³/mol. The Kier molecular flexibility index (Phi) is 4.31. The predicted octanol–water partition coefficient (Wildman–Crippen LogP) is 0.00840. The first kappa shape index (κ1) is 15.0. The maximum atomic E-state index is 11.5. The van der Waals surface area contributed by atoms with E-state index >= 15 is 0 Å². The summed E-state index contributed by atoms with van der Waals surface area (Å²) in [5.74, 6) is -0.0472. The number of rotatable bonds is 4. The number of nitrogens with zero attached hydrogens (tertiary/aromatic N) is 1. The van der Waals surface area contributed by atoms with Crippen molar-refractivity contribution in [3.05, 3.63) is 35.9 Å². The van der Waals surface area contributed by atoms with Crippen LogP contribution < -0.4 is 5.32 Å². The van der Waals surface area contributed by atoms with Crippen LogP contribution in [0.15, 0.2) is 30.3 Å². The Morgan fingerprint density at radius 2 is 2.00 bits per heavy atom. The Labute approximate surface area is 125 Å². The van der Waals surface area contributed by atoms with Gasteiger partial charge in [0, 0.05) is 31.7 Å². The van der Waals surface area contributed by atoms with Crippen LogP contribution in [-0.4, -0.2) is 61.2 Å². The van der Waals surface area contributed by atoms with E-state index in [1.807, 2.05) is 18.2 Å². The van der Waals surface area contributed by atoms with Crippen molar-refractivity contribution in [1.82, 2.24) is 10.2 Å². The Morgan fingerprint density at radius 3 is 2.67 bits per heavy atom. The summed E-state index contributed by atoms with van der Waals surface area (Å²) in [4.78, 5) is 2.36. The summed E-state index contributed by atoms with van der Waals surface area (Å²) in [5.41, 5.74) is 1.29. The number of aliphatic hydroxyl groups is 1. The van der Waals surface area contributed by atoms with Gasteiger partial charge in [0.2, 0.25) is 0 Å². The van der Waals surface area contributed by atoms with Gasteiger partial charge < -0.3 is 10.4 Å². The minimum atomic E-state index is -3.07. The maximum absolute atomic E-state index is 11.5. The van der Waals surface area contributed by atoms with Crippen molar-refractivity contribution in [1.29, 1.82) is 0 Å². The number of hydrogen-bond donors (Lipinski definition) is 2. The second kappa shape index (κ2) is 6.04. The Bertz CT molecular complexity index is 576. The third-order valence-corrected chi connectivity index (χ3v) is 6.01. The number of nitrogens with one attached hydrogen (secondary N) is 1. The number of sulfone groups is 1. The molecule has 0 amide bonds. The fourth-order valence-electron chi connectivity index (χ4n) is 3.24. The van der Waals surface area contributed by atoms with Gasteiger partial charge >= 0.3 is 0 Å². The summed E-state index contributed by atoms with van der Waals surface area (Å²) < 4.78 is 23.0. The lowest BCUT2D eigenvalue weighted by Gasteiger charge is -2.21. The van der Waals surface area contributed by atoms with Gasteiger partial charge in [0.15, 0.2) is 9.84 Å². The number of hydrogen-bond acceptors (Lipinski definition) is 5. The van der Waals surface area contributed by atoms with Crippen molar-refractivity contribution in [2.24, 2.45) is 0 Å². The molecule has 6 heteroatoms. The SMILES string of the molecule is O=S1(=O)C[C@H](N[C@@H]2CCN(Cc3ccccc3)C2)[C@@H](O)C1. The molecule has 2 aliphatic heterocycles. The highest BCUT2D eigenvalue weighted by molar-refractivity contribution is 7.91. The molecule has 0 saturated carbocycles. The molecule has 0 radical (unpaired) electrons. The average molecular weight is 310 g/mol. The fourth-order valence-corrected chi connectivity index (χ4v) is 5.00. The molecule has 3 rings (SSSR count). The molecule has 2 N–H and O–H groups in total. The van der Waals surface area contributed by atoms with Crippen LogP contribution in [0.2, 0.25) is 0 Å². The molecule has 0 unspecified atom stereocenters. The highest BCUT2D eigenvalue weighted by Gasteiger charge is 2.38. The van der Waals surface area contributed by atoms with Gasteiger partial charge in [0.1, 0.15) is 0 Å². The zero-order valence-corrected chi connectivity index (χ0v) is 12.8. The van der Waals surface area contributed by atoms with Gasteiger partial charge in [-0.2, -0.15) is 0 Å². The van der Waals surface area contributed by atoms with E-state index in [-0.39, 0.29) is 23.6 Å². The molecule has 21 heavy (non-hydrogen) atoms. The summed E-state index contributed by atoms with van der Waals surface area (Å²) in [7, 11) is -3.07. The first-order chi connectivity index (χ1) is 10.0. The molecule has 5 nitrogen and oxygen atoms in total. The summed E-state index contributed by atoms with van der Waals surface area (Å²) in [5, 5.41) is 13.2. The number of benzene rings is 1. The molecule has 1 aromatic rings. The highest BCUT2D eigenvalue weighted by Crippen LogP contribution is 2.18. The van der Waals surface area contributed by atoms with Crippen LogP contribution in [0.1, 0.15) is 12.0 Å². The average Bonchev–Trinajstić information content (AvgIpc) is 2.95. The molecule has 2 aliphatic rings. The third-order valence-electron chi connectivity index (χ3n) is 4.29. The standard InChI is InChI=1S/C15H22N2O3S/c18-15-11-21(19,20)10-14(15)16-13-6-7-17(9-13)8-12-4-2-1-3-5-12/h1-5,13-16,18H,6-11H2/t13-,14+,15+/m1/s1. The molecule has 0 spiro atoms. The van der Waals surface area contributed by atoms with Crippen molar-refractivity contribution in [3.63, 3.8) is 0 Å². The van der Waals surface area contributed by atoms with Crippen molar-refractivity contribution in [3.8, 4) is 0 Å². The molecular formula is C15H22N2O3S. The smallest absolute Gasteiger partial charge is 0.154 e. The van der Waals surface area contributed by atoms with Gasteiger partial charge in [-0.15, -0.1) is 0 Å². The van der Waals surface area contributed by atoms with Crippen LogP contribution in [0.3, 0.4) is 0 Å². The van der Waals surface area contributed by atoms with Crippen LogP contribution in [0, 0.1) is 0 Å². The van der Waals surface area contributed by atoms with Gasteiger partial charge in [0.05, 0.1) is 17.6 Å². The molecule has 116 valence electrons. The lowest BCUT2D eigenvalue weighted by molar-refractivity contribution is 0.158. The molecule has 0 aromatic heterocycles. The summed E-state index contributed by atoms with van der Waals surface area (Å²) >= 11 is 0. The largest absolute Gasteiger partial charge is 0.390 e. The highest BCUT2D eigenvalue weighted by atomic mass is 32.2. The van der Waals surface area contributed by atoms with Crippen LogP contribution in [-0.2, 0) is 16.4 Å². The lowest BCUT2D eigenvalue weighted by atomic mass is 10.1. The second-order valence-electron chi connectivity index (χ2n) is 6.12. The Hall–Kier alpha value is -0.950. The van der Waals surface area contributed by atoms with Gasteiger partial charge in [-0.3, -0.25) is 4.90 Å². The molecule has 2 heterocycles. The molecular weight excluding hydrogens is 288 g/mol. The Morgan fingerprint density at radius 1 is 1.24 bits per heavy atom. The Balaban J connectivity index is 1.51. The molecule has 0 bridgehead atoms. The van der Waals surface area contributed by atoms with E-state index in [4.69, 9.17) is 0 Å². The normalized spacial score (nSPS) is 32.5. The molecule has 1 aromatic carbocycles. The van der Waals surface area contributed by atoms with E-state index in [2.05, 4.69) is 22.3 Å². The summed E-state index contributed by atoms with van der Waals surface area (Å²) in [6, 6.07) is 10.3. The third kappa shape index (κ3) is 3.83. The van der Waals surface area contributed by atoms with Crippen molar-refractivity contribution >= 4 is 9.84 Å². The molecule has 3 atom stereocenters. The fraction of sp³-hybridized carbons (Fsp3) is 0.600. The van der Waals surface area contributed by atoms with Crippen LogP contribution in [0.4, 0.5) is 0 Å². The zero-order valence-electron chi connectivity index (χ0n) is 12.0. The quantitative estimate of drug-likeness (QED) is 0.820. The van der Waals surface area contributed by atoms with Gasteiger partial charge in [-0.25, -0.2) is 8.42 Å². The minimum Gasteiger partial charge on any atom is -0.390 e. The van der Waals surface area contributed by atoms with E-state index in [9.17, 15) is 13.5 Å². The van der Waals surface area contributed by atoms with E-state index in [0.29, 0.717) is 0 Å². The second-order valence-corrected chi connectivity index (χ2v) is 8.28. The number of aliphatic hydroxyl groups excluding tert-OH is 1. The monoisotopic (exact) mass is 310 g/mol. The van der Waals surface area contributed by atoms with E-state index in [0.717, 1.165) is 26.1 Å².